The number of hydrogen-bond acceptors (Lipinski definition) is 6. The van der Waals surface area contributed by atoms with E-state index in [1.807, 2.05) is 12.3 Å². The molecular formula is C11H14N4O4S2. The van der Waals surface area contributed by atoms with Gasteiger partial charge in [0.2, 0.25) is 10.0 Å². The Labute approximate surface area is 125 Å². The van der Waals surface area contributed by atoms with Crippen molar-refractivity contribution in [3.8, 4) is 0 Å². The molecule has 0 unspecified atom stereocenters. The Balaban J connectivity index is 2.00. The maximum absolute atomic E-state index is 12.1. The summed E-state index contributed by atoms with van der Waals surface area (Å²) >= 11 is 1.38. The number of carbonyl (C=O) groups is 1. The molecule has 0 bridgehead atoms. The molecule has 0 radical (unpaired) electrons. The molecule has 0 fully saturated rings. The normalized spacial score (nSPS) is 11.7. The highest BCUT2D eigenvalue weighted by Crippen LogP contribution is 2.11. The first-order valence-electron chi connectivity index (χ1n) is 6.02. The van der Waals surface area contributed by atoms with Gasteiger partial charge in [0.15, 0.2) is 0 Å². The second-order valence-electron chi connectivity index (χ2n) is 4.29. The number of aromatic nitrogens is 3. The maximum atomic E-state index is 12.1. The molecule has 2 rings (SSSR count). The third-order valence-corrected chi connectivity index (χ3v) is 4.88. The molecular weight excluding hydrogens is 316 g/mol. The highest BCUT2D eigenvalue weighted by Gasteiger charge is 2.17. The quantitative estimate of drug-likeness (QED) is 0.768. The van der Waals surface area contributed by atoms with Crippen molar-refractivity contribution in [1.82, 2.24) is 19.5 Å². The van der Waals surface area contributed by atoms with E-state index in [1.54, 1.807) is 0 Å². The monoisotopic (exact) mass is 330 g/mol. The average molecular weight is 330 g/mol. The van der Waals surface area contributed by atoms with Gasteiger partial charge >= 0.3 is 5.97 Å². The Hall–Kier alpha value is -1.78. The van der Waals surface area contributed by atoms with Gasteiger partial charge in [-0.25, -0.2) is 18.1 Å². The predicted octanol–water partition coefficient (Wildman–Crippen LogP) is 0.601. The first kappa shape index (κ1) is 15.6. The van der Waals surface area contributed by atoms with Crippen LogP contribution in [0.3, 0.4) is 0 Å². The van der Waals surface area contributed by atoms with Crippen molar-refractivity contribution in [2.24, 2.45) is 0 Å². The molecule has 2 heterocycles. The minimum absolute atomic E-state index is 0.00108. The number of carboxylic acids is 1. The number of carboxylic acid groups (broad SMARTS) is 1. The molecule has 0 spiro atoms. The third kappa shape index (κ3) is 4.34. The molecule has 2 aromatic rings. The van der Waals surface area contributed by atoms with E-state index in [-0.39, 0.29) is 24.4 Å². The summed E-state index contributed by atoms with van der Waals surface area (Å²) in [5.74, 6) is -0.966. The van der Waals surface area contributed by atoms with Gasteiger partial charge in [-0.2, -0.15) is 5.10 Å². The number of nitrogens with one attached hydrogen (secondary N) is 1. The summed E-state index contributed by atoms with van der Waals surface area (Å²) in [5.41, 5.74) is 0.843. The smallest absolute Gasteiger partial charge is 0.305 e. The molecule has 0 saturated carbocycles. The van der Waals surface area contributed by atoms with Crippen molar-refractivity contribution in [3.63, 3.8) is 0 Å². The van der Waals surface area contributed by atoms with Crippen LogP contribution < -0.4 is 4.72 Å². The van der Waals surface area contributed by atoms with E-state index >= 15 is 0 Å². The van der Waals surface area contributed by atoms with Gasteiger partial charge in [0.05, 0.1) is 25.7 Å². The van der Waals surface area contributed by atoms with Crippen LogP contribution in [0.5, 0.6) is 0 Å². The summed E-state index contributed by atoms with van der Waals surface area (Å²) in [6.07, 6.45) is 2.38. The lowest BCUT2D eigenvalue weighted by molar-refractivity contribution is -0.137. The number of sulfonamides is 1. The van der Waals surface area contributed by atoms with E-state index in [4.69, 9.17) is 5.11 Å². The lowest BCUT2D eigenvalue weighted by Gasteiger charge is -2.02. The van der Waals surface area contributed by atoms with Crippen LogP contribution in [-0.4, -0.2) is 34.3 Å². The van der Waals surface area contributed by atoms with Crippen LogP contribution in [0.1, 0.15) is 17.1 Å². The Kier molecular flexibility index (Phi) is 4.70. The fourth-order valence-electron chi connectivity index (χ4n) is 1.54. The van der Waals surface area contributed by atoms with Gasteiger partial charge in [0.25, 0.3) is 0 Å². The van der Waals surface area contributed by atoms with E-state index in [0.717, 1.165) is 5.69 Å². The average Bonchev–Trinajstić information content (AvgIpc) is 3.03. The number of aliphatic carboxylic acids is 1. The minimum Gasteiger partial charge on any atom is -0.481 e. The van der Waals surface area contributed by atoms with Crippen LogP contribution in [0.15, 0.2) is 22.7 Å². The summed E-state index contributed by atoms with van der Waals surface area (Å²) in [4.78, 5) is 14.6. The number of rotatable bonds is 7. The summed E-state index contributed by atoms with van der Waals surface area (Å²) < 4.78 is 27.8. The fourth-order valence-corrected chi connectivity index (χ4v) is 3.28. The SMILES string of the molecule is Cc1csc(CNS(=O)(=O)c2cnn(CCC(=O)O)c2)n1. The molecule has 10 heteroatoms. The van der Waals surface area contributed by atoms with E-state index in [9.17, 15) is 13.2 Å². The van der Waals surface area contributed by atoms with Crippen molar-refractivity contribution < 1.29 is 18.3 Å². The molecule has 21 heavy (non-hydrogen) atoms. The van der Waals surface area contributed by atoms with Crippen LogP contribution in [0.25, 0.3) is 0 Å². The van der Waals surface area contributed by atoms with E-state index < -0.39 is 16.0 Å². The second-order valence-corrected chi connectivity index (χ2v) is 7.00. The molecule has 2 N–H and O–H groups in total. The van der Waals surface area contributed by atoms with Crippen molar-refractivity contribution in [1.29, 1.82) is 0 Å². The Morgan fingerprint density at radius 3 is 2.90 bits per heavy atom. The molecule has 0 aliphatic carbocycles. The van der Waals surface area contributed by atoms with Crippen molar-refractivity contribution in [2.45, 2.75) is 31.3 Å². The van der Waals surface area contributed by atoms with Gasteiger partial charge in [-0.15, -0.1) is 11.3 Å². The van der Waals surface area contributed by atoms with Crippen LogP contribution in [0.2, 0.25) is 0 Å². The van der Waals surface area contributed by atoms with Crippen molar-refractivity contribution in [3.05, 3.63) is 28.5 Å². The summed E-state index contributed by atoms with van der Waals surface area (Å²) in [5, 5.41) is 14.9. The second kappa shape index (κ2) is 6.33. The van der Waals surface area contributed by atoms with Gasteiger partial charge in [-0.1, -0.05) is 0 Å². The molecule has 0 aliphatic rings. The van der Waals surface area contributed by atoms with Crippen LogP contribution in [-0.2, 0) is 27.9 Å². The zero-order chi connectivity index (χ0) is 15.5. The molecule has 0 aliphatic heterocycles. The zero-order valence-corrected chi connectivity index (χ0v) is 12.8. The first-order chi connectivity index (χ1) is 9.87. The molecule has 114 valence electrons. The maximum Gasteiger partial charge on any atom is 0.305 e. The Morgan fingerprint density at radius 2 is 2.29 bits per heavy atom. The highest BCUT2D eigenvalue weighted by molar-refractivity contribution is 7.89. The van der Waals surface area contributed by atoms with E-state index in [2.05, 4.69) is 14.8 Å². The first-order valence-corrected chi connectivity index (χ1v) is 8.38. The molecule has 0 atom stereocenters. The lowest BCUT2D eigenvalue weighted by atomic mass is 10.4. The van der Waals surface area contributed by atoms with Gasteiger partial charge in [0.1, 0.15) is 9.90 Å². The summed E-state index contributed by atoms with van der Waals surface area (Å²) in [7, 11) is -3.68. The minimum atomic E-state index is -3.68. The third-order valence-electron chi connectivity index (χ3n) is 2.55. The zero-order valence-electron chi connectivity index (χ0n) is 11.2. The summed E-state index contributed by atoms with van der Waals surface area (Å²) in [6, 6.07) is 0. The number of nitrogens with zero attached hydrogens (tertiary/aromatic N) is 3. The molecule has 2 aromatic heterocycles. The van der Waals surface area contributed by atoms with Gasteiger partial charge in [0, 0.05) is 17.3 Å². The topological polar surface area (TPSA) is 114 Å². The largest absolute Gasteiger partial charge is 0.481 e. The lowest BCUT2D eigenvalue weighted by Crippen LogP contribution is -2.22. The van der Waals surface area contributed by atoms with Crippen molar-refractivity contribution >= 4 is 27.3 Å². The van der Waals surface area contributed by atoms with E-state index in [1.165, 1.54) is 28.4 Å². The summed E-state index contributed by atoms with van der Waals surface area (Å²) in [6.45, 7) is 2.07. The van der Waals surface area contributed by atoms with Crippen LogP contribution in [0, 0.1) is 6.92 Å². The number of aryl methyl sites for hydroxylation is 2. The Morgan fingerprint density at radius 1 is 1.52 bits per heavy atom. The fraction of sp³-hybridized carbons (Fsp3) is 0.364. The Bertz CT molecular complexity index is 735. The van der Waals surface area contributed by atoms with Crippen molar-refractivity contribution in [2.75, 3.05) is 0 Å². The number of thiazole rings is 1. The standard InChI is InChI=1S/C11H14N4O4S2/c1-8-7-20-10(14-8)5-13-21(18,19)9-4-12-15(6-9)3-2-11(16)17/h4,6-7,13H,2-3,5H2,1H3,(H,16,17). The predicted molar refractivity (Wildman–Crippen MR) is 75.4 cm³/mol. The van der Waals surface area contributed by atoms with Gasteiger partial charge in [-0.3, -0.25) is 9.48 Å². The molecule has 0 amide bonds. The van der Waals surface area contributed by atoms with Gasteiger partial charge in [-0.05, 0) is 6.92 Å². The number of hydrogen-bond donors (Lipinski definition) is 2. The van der Waals surface area contributed by atoms with Crippen LogP contribution >= 0.6 is 11.3 Å². The molecule has 8 nitrogen and oxygen atoms in total. The van der Waals surface area contributed by atoms with Gasteiger partial charge < -0.3 is 5.11 Å². The molecule has 0 saturated heterocycles. The van der Waals surface area contributed by atoms with E-state index in [0.29, 0.717) is 5.01 Å². The molecule has 0 aromatic carbocycles. The highest BCUT2D eigenvalue weighted by atomic mass is 32.2. The van der Waals surface area contributed by atoms with Crippen LogP contribution in [0.4, 0.5) is 0 Å².